The monoisotopic (exact) mass is 394 g/mol. The lowest BCUT2D eigenvalue weighted by atomic mass is 10.2. The number of thiazole rings is 1. The van der Waals surface area contributed by atoms with Crippen LogP contribution in [0.15, 0.2) is 29.6 Å². The molecular weight excluding hydrogens is 376 g/mol. The van der Waals surface area contributed by atoms with E-state index in [1.54, 1.807) is 5.38 Å². The molecule has 1 aliphatic rings. The molecule has 2 amide bonds. The van der Waals surface area contributed by atoms with Crippen molar-refractivity contribution in [1.82, 2.24) is 9.88 Å². The molecule has 1 saturated heterocycles. The number of nitrogens with zero attached hydrogens (tertiary/aromatic N) is 3. The van der Waals surface area contributed by atoms with Crippen molar-refractivity contribution < 1.29 is 14.3 Å². The summed E-state index contributed by atoms with van der Waals surface area (Å²) in [6, 6.07) is 7.73. The molecule has 1 aromatic carbocycles. The van der Waals surface area contributed by atoms with Gasteiger partial charge in [0.25, 0.3) is 0 Å². The topological polar surface area (TPSA) is 74.8 Å². The van der Waals surface area contributed by atoms with Gasteiger partial charge in [-0.1, -0.05) is 23.7 Å². The standard InChI is InChI=1S/C17H19ClN4O3S/c1-25-17(24)20-16-19-12(11-26-16)10-15(23)22-8-6-21(7-9-22)14-5-3-2-4-13(14)18/h2-5,11H,6-10H2,1H3,(H,19,20,24). The van der Waals surface area contributed by atoms with Gasteiger partial charge in [-0.15, -0.1) is 11.3 Å². The summed E-state index contributed by atoms with van der Waals surface area (Å²) in [7, 11) is 1.29. The third-order valence-electron chi connectivity index (χ3n) is 4.10. The maximum absolute atomic E-state index is 12.5. The van der Waals surface area contributed by atoms with E-state index in [1.807, 2.05) is 29.2 Å². The van der Waals surface area contributed by atoms with Gasteiger partial charge in [0, 0.05) is 31.6 Å². The second-order valence-electron chi connectivity index (χ2n) is 5.76. The van der Waals surface area contributed by atoms with E-state index in [9.17, 15) is 9.59 Å². The van der Waals surface area contributed by atoms with Crippen molar-refractivity contribution in [2.45, 2.75) is 6.42 Å². The first-order valence-corrected chi connectivity index (χ1v) is 9.39. The number of hydrogen-bond donors (Lipinski definition) is 1. The van der Waals surface area contributed by atoms with Crippen LogP contribution in [0.4, 0.5) is 15.6 Å². The number of para-hydroxylation sites is 1. The zero-order valence-corrected chi connectivity index (χ0v) is 15.8. The fourth-order valence-electron chi connectivity index (χ4n) is 2.76. The Bertz CT molecular complexity index is 790. The second-order valence-corrected chi connectivity index (χ2v) is 7.02. The van der Waals surface area contributed by atoms with Crippen LogP contribution < -0.4 is 10.2 Å². The maximum atomic E-state index is 12.5. The summed E-state index contributed by atoms with van der Waals surface area (Å²) >= 11 is 7.51. The van der Waals surface area contributed by atoms with Gasteiger partial charge in [-0.3, -0.25) is 10.1 Å². The Morgan fingerprint density at radius 3 is 2.69 bits per heavy atom. The minimum Gasteiger partial charge on any atom is -0.453 e. The molecule has 9 heteroatoms. The summed E-state index contributed by atoms with van der Waals surface area (Å²) in [4.78, 5) is 31.9. The summed E-state index contributed by atoms with van der Waals surface area (Å²) in [5.41, 5.74) is 1.64. The number of anilines is 2. The fraction of sp³-hybridized carbons (Fsp3) is 0.353. The number of rotatable bonds is 4. The minimum atomic E-state index is -0.576. The second kappa shape index (κ2) is 8.37. The summed E-state index contributed by atoms with van der Waals surface area (Å²) in [5, 5.41) is 5.41. The molecule has 1 aromatic heterocycles. The molecule has 0 spiro atoms. The van der Waals surface area contributed by atoms with Crippen molar-refractivity contribution in [3.63, 3.8) is 0 Å². The van der Waals surface area contributed by atoms with E-state index in [0.29, 0.717) is 23.9 Å². The van der Waals surface area contributed by atoms with Crippen LogP contribution in [0.25, 0.3) is 0 Å². The zero-order chi connectivity index (χ0) is 18.5. The van der Waals surface area contributed by atoms with Crippen molar-refractivity contribution >= 4 is 45.8 Å². The van der Waals surface area contributed by atoms with Gasteiger partial charge < -0.3 is 14.5 Å². The van der Waals surface area contributed by atoms with Crippen molar-refractivity contribution in [3.8, 4) is 0 Å². The predicted molar refractivity (Wildman–Crippen MR) is 102 cm³/mol. The third-order valence-corrected chi connectivity index (χ3v) is 5.23. The molecule has 3 rings (SSSR count). The highest BCUT2D eigenvalue weighted by atomic mass is 35.5. The van der Waals surface area contributed by atoms with Crippen LogP contribution in [0.5, 0.6) is 0 Å². The van der Waals surface area contributed by atoms with Gasteiger partial charge in [0.05, 0.1) is 29.9 Å². The van der Waals surface area contributed by atoms with Crippen LogP contribution in [0, 0.1) is 0 Å². The van der Waals surface area contributed by atoms with E-state index in [1.165, 1.54) is 18.4 Å². The molecule has 138 valence electrons. The van der Waals surface area contributed by atoms with Gasteiger partial charge in [-0.05, 0) is 12.1 Å². The number of piperazine rings is 1. The number of hydrogen-bond acceptors (Lipinski definition) is 6. The molecule has 1 N–H and O–H groups in total. The van der Waals surface area contributed by atoms with Gasteiger partial charge in [-0.25, -0.2) is 9.78 Å². The van der Waals surface area contributed by atoms with E-state index >= 15 is 0 Å². The molecule has 1 fully saturated rings. The lowest BCUT2D eigenvalue weighted by Gasteiger charge is -2.36. The maximum Gasteiger partial charge on any atom is 0.413 e. The molecule has 26 heavy (non-hydrogen) atoms. The number of methoxy groups -OCH3 is 1. The van der Waals surface area contributed by atoms with E-state index in [-0.39, 0.29) is 12.3 Å². The minimum absolute atomic E-state index is 0.0266. The molecular formula is C17H19ClN4O3S. The summed E-state index contributed by atoms with van der Waals surface area (Å²) < 4.78 is 4.52. The number of carbonyl (C=O) groups excluding carboxylic acids is 2. The predicted octanol–water partition coefficient (Wildman–Crippen LogP) is 2.87. The molecule has 0 unspecified atom stereocenters. The first kappa shape index (κ1) is 18.5. The number of amides is 2. The number of halogens is 1. The van der Waals surface area contributed by atoms with Crippen LogP contribution in [-0.4, -0.2) is 55.2 Å². The number of nitrogens with one attached hydrogen (secondary N) is 1. The van der Waals surface area contributed by atoms with E-state index in [4.69, 9.17) is 11.6 Å². The Morgan fingerprint density at radius 1 is 1.27 bits per heavy atom. The summed E-state index contributed by atoms with van der Waals surface area (Å²) in [5.74, 6) is 0.0266. The Labute approximate surface area is 160 Å². The van der Waals surface area contributed by atoms with Gasteiger partial charge in [0.15, 0.2) is 5.13 Å². The van der Waals surface area contributed by atoms with E-state index in [2.05, 4.69) is 19.9 Å². The SMILES string of the molecule is COC(=O)Nc1nc(CC(=O)N2CCN(c3ccccc3Cl)CC2)cs1. The van der Waals surface area contributed by atoms with Crippen LogP contribution in [0.2, 0.25) is 5.02 Å². The lowest BCUT2D eigenvalue weighted by Crippen LogP contribution is -2.49. The van der Waals surface area contributed by atoms with Crippen molar-refractivity contribution in [3.05, 3.63) is 40.4 Å². The molecule has 1 aliphatic heterocycles. The Hall–Kier alpha value is -2.32. The van der Waals surface area contributed by atoms with Crippen molar-refractivity contribution in [1.29, 1.82) is 0 Å². The van der Waals surface area contributed by atoms with Crippen LogP contribution in [0.1, 0.15) is 5.69 Å². The highest BCUT2D eigenvalue weighted by Crippen LogP contribution is 2.26. The summed E-state index contributed by atoms with van der Waals surface area (Å²) in [6.07, 6.45) is -0.362. The lowest BCUT2D eigenvalue weighted by molar-refractivity contribution is -0.130. The van der Waals surface area contributed by atoms with Gasteiger partial charge in [0.1, 0.15) is 0 Å². The van der Waals surface area contributed by atoms with Crippen molar-refractivity contribution in [2.75, 3.05) is 43.5 Å². The molecule has 0 radical (unpaired) electrons. The smallest absolute Gasteiger partial charge is 0.413 e. The quantitative estimate of drug-likeness (QED) is 0.863. The first-order chi connectivity index (χ1) is 12.6. The third kappa shape index (κ3) is 4.44. The van der Waals surface area contributed by atoms with Crippen LogP contribution in [-0.2, 0) is 16.0 Å². The van der Waals surface area contributed by atoms with Crippen LogP contribution in [0.3, 0.4) is 0 Å². The molecule has 2 aromatic rings. The molecule has 0 aliphatic carbocycles. The Morgan fingerprint density at radius 2 is 2.00 bits per heavy atom. The van der Waals surface area contributed by atoms with Gasteiger partial charge >= 0.3 is 6.09 Å². The molecule has 0 bridgehead atoms. The fourth-order valence-corrected chi connectivity index (χ4v) is 3.71. The highest BCUT2D eigenvalue weighted by molar-refractivity contribution is 7.13. The van der Waals surface area contributed by atoms with Gasteiger partial charge in [-0.2, -0.15) is 0 Å². The highest BCUT2D eigenvalue weighted by Gasteiger charge is 2.23. The molecule has 0 saturated carbocycles. The first-order valence-electron chi connectivity index (χ1n) is 8.13. The van der Waals surface area contributed by atoms with Gasteiger partial charge in [0.2, 0.25) is 5.91 Å². The number of benzene rings is 1. The number of aromatic nitrogens is 1. The largest absolute Gasteiger partial charge is 0.453 e. The average molecular weight is 395 g/mol. The zero-order valence-electron chi connectivity index (χ0n) is 14.3. The summed E-state index contributed by atoms with van der Waals surface area (Å²) in [6.45, 7) is 2.76. The van der Waals surface area contributed by atoms with E-state index in [0.717, 1.165) is 23.8 Å². The molecule has 0 atom stereocenters. The van der Waals surface area contributed by atoms with Crippen LogP contribution >= 0.6 is 22.9 Å². The average Bonchev–Trinajstić information content (AvgIpc) is 3.09. The number of ether oxygens (including phenoxy) is 1. The Balaban J connectivity index is 1.52. The van der Waals surface area contributed by atoms with Crippen molar-refractivity contribution in [2.24, 2.45) is 0 Å². The molecule has 7 nitrogen and oxygen atoms in total. The molecule has 2 heterocycles. The normalized spacial score (nSPS) is 14.2. The van der Waals surface area contributed by atoms with E-state index < -0.39 is 6.09 Å². The number of carbonyl (C=O) groups is 2. The Kier molecular flexibility index (Phi) is 5.95.